The van der Waals surface area contributed by atoms with Crippen LogP contribution in [0.2, 0.25) is 5.02 Å². The topological polar surface area (TPSA) is 70.2 Å². The maximum atomic E-state index is 12.2. The molecule has 5 nitrogen and oxygen atoms in total. The number of aryl methyl sites for hydroxylation is 1. The molecular weight excluding hydrogens is 374 g/mol. The Balaban J connectivity index is 1.57. The van der Waals surface area contributed by atoms with Crippen molar-refractivity contribution in [1.29, 1.82) is 0 Å². The van der Waals surface area contributed by atoms with Crippen LogP contribution in [0.1, 0.15) is 15.9 Å². The van der Waals surface area contributed by atoms with Crippen LogP contribution in [0.4, 0.5) is 17.1 Å². The Morgan fingerprint density at radius 1 is 0.821 bits per heavy atom. The van der Waals surface area contributed by atoms with Gasteiger partial charge in [0.1, 0.15) is 0 Å². The van der Waals surface area contributed by atoms with Gasteiger partial charge in [0.15, 0.2) is 0 Å². The van der Waals surface area contributed by atoms with E-state index in [4.69, 9.17) is 11.6 Å². The summed E-state index contributed by atoms with van der Waals surface area (Å²) in [6, 6.07) is 21.5. The predicted molar refractivity (Wildman–Crippen MR) is 114 cm³/mol. The number of amides is 2. The summed E-state index contributed by atoms with van der Waals surface area (Å²) in [5.41, 5.74) is 3.52. The molecule has 3 aromatic carbocycles. The first-order valence-electron chi connectivity index (χ1n) is 8.77. The molecule has 3 N–H and O–H groups in total. The number of hydrogen-bond donors (Lipinski definition) is 3. The van der Waals surface area contributed by atoms with Gasteiger partial charge in [-0.25, -0.2) is 0 Å². The van der Waals surface area contributed by atoms with Crippen LogP contribution in [0.25, 0.3) is 0 Å². The number of carbonyl (C=O) groups is 2. The van der Waals surface area contributed by atoms with Gasteiger partial charge in [-0.1, -0.05) is 41.9 Å². The molecule has 0 heterocycles. The molecule has 0 aliphatic rings. The number of carbonyl (C=O) groups excluding carboxylic acids is 2. The van der Waals surface area contributed by atoms with E-state index >= 15 is 0 Å². The average molecular weight is 394 g/mol. The van der Waals surface area contributed by atoms with Gasteiger partial charge in [-0.15, -0.1) is 0 Å². The zero-order valence-corrected chi connectivity index (χ0v) is 16.1. The van der Waals surface area contributed by atoms with E-state index in [0.717, 1.165) is 11.3 Å². The molecule has 0 radical (unpaired) electrons. The molecule has 28 heavy (non-hydrogen) atoms. The van der Waals surface area contributed by atoms with E-state index in [-0.39, 0.29) is 18.4 Å². The third-order valence-electron chi connectivity index (χ3n) is 4.07. The highest BCUT2D eigenvalue weighted by molar-refractivity contribution is 6.31. The van der Waals surface area contributed by atoms with Gasteiger partial charge in [0.2, 0.25) is 5.91 Å². The molecule has 0 atom stereocenters. The van der Waals surface area contributed by atoms with Crippen LogP contribution in [-0.2, 0) is 4.79 Å². The maximum Gasteiger partial charge on any atom is 0.255 e. The van der Waals surface area contributed by atoms with Crippen LogP contribution in [0, 0.1) is 6.92 Å². The Labute approximate surface area is 168 Å². The molecule has 6 heteroatoms. The molecule has 0 fully saturated rings. The van der Waals surface area contributed by atoms with Crippen molar-refractivity contribution in [1.82, 2.24) is 0 Å². The van der Waals surface area contributed by atoms with E-state index in [0.29, 0.717) is 22.0 Å². The predicted octanol–water partition coefficient (Wildman–Crippen LogP) is 4.95. The first-order valence-corrected chi connectivity index (χ1v) is 9.15. The smallest absolute Gasteiger partial charge is 0.255 e. The Morgan fingerprint density at radius 3 is 2.25 bits per heavy atom. The van der Waals surface area contributed by atoms with Gasteiger partial charge in [-0.3, -0.25) is 9.59 Å². The third-order valence-corrected chi connectivity index (χ3v) is 4.47. The largest absolute Gasteiger partial charge is 0.376 e. The number of halogens is 1. The summed E-state index contributed by atoms with van der Waals surface area (Å²) < 4.78 is 0. The van der Waals surface area contributed by atoms with Gasteiger partial charge in [-0.2, -0.15) is 0 Å². The zero-order valence-electron chi connectivity index (χ0n) is 15.3. The fraction of sp³-hybridized carbons (Fsp3) is 0.0909. The minimum atomic E-state index is -0.206. The highest BCUT2D eigenvalue weighted by Crippen LogP contribution is 2.20. The van der Waals surface area contributed by atoms with Crippen LogP contribution in [-0.4, -0.2) is 18.4 Å². The Morgan fingerprint density at radius 2 is 1.54 bits per heavy atom. The van der Waals surface area contributed by atoms with Crippen LogP contribution >= 0.6 is 11.6 Å². The van der Waals surface area contributed by atoms with E-state index in [9.17, 15) is 9.59 Å². The second-order valence-corrected chi connectivity index (χ2v) is 6.67. The molecule has 0 spiro atoms. The minimum Gasteiger partial charge on any atom is -0.376 e. The number of rotatable bonds is 6. The lowest BCUT2D eigenvalue weighted by molar-refractivity contribution is -0.114. The summed E-state index contributed by atoms with van der Waals surface area (Å²) in [6.45, 7) is 2.02. The average Bonchev–Trinajstić information content (AvgIpc) is 2.70. The van der Waals surface area contributed by atoms with Crippen LogP contribution in [0.3, 0.4) is 0 Å². The van der Waals surface area contributed by atoms with Gasteiger partial charge in [0, 0.05) is 27.6 Å². The number of nitrogens with one attached hydrogen (secondary N) is 3. The van der Waals surface area contributed by atoms with E-state index in [1.807, 2.05) is 25.1 Å². The van der Waals surface area contributed by atoms with Gasteiger partial charge in [0.05, 0.1) is 6.54 Å². The minimum absolute atomic E-state index is 0.0972. The molecule has 0 bridgehead atoms. The molecule has 0 unspecified atom stereocenters. The quantitative estimate of drug-likeness (QED) is 0.554. The fourth-order valence-corrected chi connectivity index (χ4v) is 2.74. The molecule has 0 aliphatic heterocycles. The second kappa shape index (κ2) is 9.06. The number of benzene rings is 3. The van der Waals surface area contributed by atoms with E-state index in [1.54, 1.807) is 54.6 Å². The zero-order chi connectivity index (χ0) is 19.9. The monoisotopic (exact) mass is 393 g/mol. The molecular formula is C22H20ClN3O2. The summed E-state index contributed by atoms with van der Waals surface area (Å²) in [4.78, 5) is 24.4. The van der Waals surface area contributed by atoms with Gasteiger partial charge in [-0.05, 0) is 55.0 Å². The standard InChI is InChI=1S/C22H20ClN3O2/c1-15-10-11-17(13-20(15)23)24-14-21(27)25-18-8-5-9-19(12-18)26-22(28)16-6-3-2-4-7-16/h2-13,24H,14H2,1H3,(H,25,27)(H,26,28). The van der Waals surface area contributed by atoms with Gasteiger partial charge >= 0.3 is 0 Å². The number of anilines is 3. The highest BCUT2D eigenvalue weighted by Gasteiger charge is 2.07. The van der Waals surface area contributed by atoms with Crippen molar-refractivity contribution >= 4 is 40.5 Å². The molecule has 0 saturated carbocycles. The van der Waals surface area contributed by atoms with Crippen molar-refractivity contribution in [3.8, 4) is 0 Å². The van der Waals surface area contributed by atoms with Gasteiger partial charge < -0.3 is 16.0 Å². The van der Waals surface area contributed by atoms with Crippen molar-refractivity contribution in [2.75, 3.05) is 22.5 Å². The molecule has 142 valence electrons. The summed E-state index contributed by atoms with van der Waals surface area (Å²) in [5.74, 6) is -0.412. The van der Waals surface area contributed by atoms with E-state index in [1.165, 1.54) is 0 Å². The SMILES string of the molecule is Cc1ccc(NCC(=O)Nc2cccc(NC(=O)c3ccccc3)c2)cc1Cl. The molecule has 0 aromatic heterocycles. The lowest BCUT2D eigenvalue weighted by Crippen LogP contribution is -2.21. The van der Waals surface area contributed by atoms with Crippen LogP contribution in [0.15, 0.2) is 72.8 Å². The lowest BCUT2D eigenvalue weighted by Gasteiger charge is -2.10. The summed E-state index contributed by atoms with van der Waals surface area (Å²) in [6.07, 6.45) is 0. The highest BCUT2D eigenvalue weighted by atomic mass is 35.5. The Kier molecular flexibility index (Phi) is 6.29. The normalized spacial score (nSPS) is 10.2. The maximum absolute atomic E-state index is 12.2. The molecule has 0 saturated heterocycles. The van der Waals surface area contributed by atoms with Crippen molar-refractivity contribution in [3.63, 3.8) is 0 Å². The van der Waals surface area contributed by atoms with Crippen molar-refractivity contribution in [2.24, 2.45) is 0 Å². The first-order chi connectivity index (χ1) is 13.5. The lowest BCUT2D eigenvalue weighted by atomic mass is 10.2. The molecule has 2 amide bonds. The molecule has 3 rings (SSSR count). The Hall–Kier alpha value is -3.31. The van der Waals surface area contributed by atoms with Crippen LogP contribution in [0.5, 0.6) is 0 Å². The van der Waals surface area contributed by atoms with Gasteiger partial charge in [0.25, 0.3) is 5.91 Å². The van der Waals surface area contributed by atoms with E-state index < -0.39 is 0 Å². The van der Waals surface area contributed by atoms with E-state index in [2.05, 4.69) is 16.0 Å². The van der Waals surface area contributed by atoms with Crippen molar-refractivity contribution in [2.45, 2.75) is 6.92 Å². The van der Waals surface area contributed by atoms with Crippen LogP contribution < -0.4 is 16.0 Å². The molecule has 0 aliphatic carbocycles. The summed E-state index contributed by atoms with van der Waals surface area (Å²) in [5, 5.41) is 9.31. The summed E-state index contributed by atoms with van der Waals surface area (Å²) in [7, 11) is 0. The van der Waals surface area contributed by atoms with Crippen molar-refractivity contribution < 1.29 is 9.59 Å². The second-order valence-electron chi connectivity index (χ2n) is 6.27. The first kappa shape index (κ1) is 19.5. The number of hydrogen-bond acceptors (Lipinski definition) is 3. The summed E-state index contributed by atoms with van der Waals surface area (Å²) >= 11 is 6.09. The fourth-order valence-electron chi connectivity index (χ4n) is 2.56. The Bertz CT molecular complexity index is 990. The third kappa shape index (κ3) is 5.34. The van der Waals surface area contributed by atoms with Crippen molar-refractivity contribution in [3.05, 3.63) is 88.9 Å². The molecule has 3 aromatic rings.